The number of hydrogen-bond donors (Lipinski definition) is 1. The van der Waals surface area contributed by atoms with E-state index in [0.29, 0.717) is 16.4 Å². The van der Waals surface area contributed by atoms with Crippen LogP contribution in [0, 0.1) is 6.92 Å². The molecule has 0 spiro atoms. The van der Waals surface area contributed by atoms with Crippen molar-refractivity contribution in [1.82, 2.24) is 4.98 Å². The van der Waals surface area contributed by atoms with Gasteiger partial charge in [-0.2, -0.15) is 0 Å². The van der Waals surface area contributed by atoms with Crippen molar-refractivity contribution in [2.45, 2.75) is 6.92 Å². The lowest BCUT2D eigenvalue weighted by molar-refractivity contribution is 0.0993. The molecule has 1 amide bonds. The van der Waals surface area contributed by atoms with E-state index in [0.717, 1.165) is 11.3 Å². The van der Waals surface area contributed by atoms with Gasteiger partial charge in [0.1, 0.15) is 5.82 Å². The number of pyridine rings is 1. The summed E-state index contributed by atoms with van der Waals surface area (Å²) in [6, 6.07) is 9.36. The molecule has 0 atom stereocenters. The van der Waals surface area contributed by atoms with Gasteiger partial charge in [-0.15, -0.1) is 0 Å². The number of nitrogens with one attached hydrogen (secondary N) is 1. The van der Waals surface area contributed by atoms with Crippen LogP contribution in [0.3, 0.4) is 0 Å². The predicted molar refractivity (Wildman–Crippen MR) is 82.7 cm³/mol. The fraction of sp³-hybridized carbons (Fsp3) is 0.200. The number of amides is 1. The van der Waals surface area contributed by atoms with E-state index in [1.807, 2.05) is 31.2 Å². The highest BCUT2D eigenvalue weighted by Gasteiger charge is 2.18. The molecule has 4 nitrogen and oxygen atoms in total. The van der Waals surface area contributed by atoms with Crippen molar-refractivity contribution in [1.29, 1.82) is 0 Å². The van der Waals surface area contributed by atoms with Gasteiger partial charge in [0.2, 0.25) is 0 Å². The maximum atomic E-state index is 12.6. The summed E-state index contributed by atoms with van der Waals surface area (Å²) in [6.07, 6.45) is 1.48. The van der Waals surface area contributed by atoms with Crippen LogP contribution in [0.4, 0.5) is 11.5 Å². The Morgan fingerprint density at radius 2 is 2.05 bits per heavy atom. The molecule has 1 heterocycles. The zero-order valence-corrected chi connectivity index (χ0v) is 12.4. The number of benzene rings is 1. The number of halogens is 1. The minimum absolute atomic E-state index is 0.164. The molecule has 2 aromatic rings. The number of carbonyl (C=O) groups excluding carboxylic acids is 1. The summed E-state index contributed by atoms with van der Waals surface area (Å²) in [6.45, 7) is 1.96. The Kier molecular flexibility index (Phi) is 4.25. The van der Waals surface area contributed by atoms with E-state index < -0.39 is 0 Å². The van der Waals surface area contributed by atoms with Crippen molar-refractivity contribution in [3.8, 4) is 0 Å². The SMILES string of the molecule is CNc1cc(C(=O)N(C)c2ccccc2C)c(Cl)cn1. The lowest BCUT2D eigenvalue weighted by Gasteiger charge is -2.20. The van der Waals surface area contributed by atoms with Crippen LogP contribution in [0.25, 0.3) is 0 Å². The fourth-order valence-corrected chi connectivity index (χ4v) is 2.15. The van der Waals surface area contributed by atoms with Gasteiger partial charge in [0, 0.05) is 26.0 Å². The summed E-state index contributed by atoms with van der Waals surface area (Å²) < 4.78 is 0. The number of anilines is 2. The van der Waals surface area contributed by atoms with Crippen molar-refractivity contribution in [3.05, 3.63) is 52.7 Å². The van der Waals surface area contributed by atoms with Gasteiger partial charge >= 0.3 is 0 Å². The van der Waals surface area contributed by atoms with Crippen molar-refractivity contribution >= 4 is 29.0 Å². The first kappa shape index (κ1) is 14.3. The maximum absolute atomic E-state index is 12.6. The Bertz CT molecular complexity index is 643. The summed E-state index contributed by atoms with van der Waals surface area (Å²) in [4.78, 5) is 18.2. The van der Waals surface area contributed by atoms with Gasteiger partial charge in [-0.1, -0.05) is 29.8 Å². The zero-order valence-electron chi connectivity index (χ0n) is 11.6. The van der Waals surface area contributed by atoms with Crippen molar-refractivity contribution in [2.75, 3.05) is 24.3 Å². The van der Waals surface area contributed by atoms with E-state index >= 15 is 0 Å². The van der Waals surface area contributed by atoms with E-state index in [1.54, 1.807) is 25.1 Å². The zero-order chi connectivity index (χ0) is 14.7. The minimum atomic E-state index is -0.164. The Labute approximate surface area is 123 Å². The maximum Gasteiger partial charge on any atom is 0.259 e. The Hall–Kier alpha value is -2.07. The first-order valence-corrected chi connectivity index (χ1v) is 6.59. The van der Waals surface area contributed by atoms with Crippen molar-refractivity contribution < 1.29 is 4.79 Å². The molecule has 0 bridgehead atoms. The van der Waals surface area contributed by atoms with Crippen LogP contribution in [0.5, 0.6) is 0 Å². The highest BCUT2D eigenvalue weighted by Crippen LogP contribution is 2.24. The molecule has 0 radical (unpaired) electrons. The van der Waals surface area contributed by atoms with Crippen molar-refractivity contribution in [2.24, 2.45) is 0 Å². The molecule has 5 heteroatoms. The number of aryl methyl sites for hydroxylation is 1. The third kappa shape index (κ3) is 2.75. The second kappa shape index (κ2) is 5.92. The molecule has 1 N–H and O–H groups in total. The molecule has 0 aliphatic heterocycles. The fourth-order valence-electron chi connectivity index (χ4n) is 1.97. The summed E-state index contributed by atoms with van der Waals surface area (Å²) in [5.41, 5.74) is 2.32. The molecule has 2 rings (SSSR count). The van der Waals surface area contributed by atoms with Crippen LogP contribution in [0.15, 0.2) is 36.5 Å². The summed E-state index contributed by atoms with van der Waals surface area (Å²) in [5.74, 6) is 0.444. The van der Waals surface area contributed by atoms with Gasteiger partial charge in [0.15, 0.2) is 0 Å². The van der Waals surface area contributed by atoms with E-state index in [4.69, 9.17) is 11.6 Å². The van der Waals surface area contributed by atoms with Crippen LogP contribution in [0.2, 0.25) is 5.02 Å². The highest BCUT2D eigenvalue weighted by atomic mass is 35.5. The molecule has 0 unspecified atom stereocenters. The van der Waals surface area contributed by atoms with Crippen LogP contribution >= 0.6 is 11.6 Å². The second-order valence-electron chi connectivity index (χ2n) is 4.45. The summed E-state index contributed by atoms with van der Waals surface area (Å²) in [5, 5.41) is 3.24. The smallest absolute Gasteiger partial charge is 0.259 e. The summed E-state index contributed by atoms with van der Waals surface area (Å²) in [7, 11) is 3.48. The second-order valence-corrected chi connectivity index (χ2v) is 4.86. The van der Waals surface area contributed by atoms with Crippen LogP contribution in [0.1, 0.15) is 15.9 Å². The van der Waals surface area contributed by atoms with Gasteiger partial charge in [-0.3, -0.25) is 4.79 Å². The number of nitrogens with zero attached hydrogens (tertiary/aromatic N) is 2. The first-order chi connectivity index (χ1) is 9.54. The molecule has 1 aromatic carbocycles. The first-order valence-electron chi connectivity index (χ1n) is 6.21. The molecule has 20 heavy (non-hydrogen) atoms. The van der Waals surface area contributed by atoms with Crippen LogP contribution < -0.4 is 10.2 Å². The van der Waals surface area contributed by atoms with Crippen LogP contribution in [-0.2, 0) is 0 Å². The summed E-state index contributed by atoms with van der Waals surface area (Å²) >= 11 is 6.08. The predicted octanol–water partition coefficient (Wildman–Crippen LogP) is 3.36. The van der Waals surface area contributed by atoms with E-state index in [-0.39, 0.29) is 5.91 Å². The van der Waals surface area contributed by atoms with Gasteiger partial charge in [0.25, 0.3) is 5.91 Å². The third-order valence-corrected chi connectivity index (χ3v) is 3.42. The Morgan fingerprint density at radius 3 is 2.70 bits per heavy atom. The van der Waals surface area contributed by atoms with Gasteiger partial charge in [0.05, 0.1) is 10.6 Å². The lowest BCUT2D eigenvalue weighted by atomic mass is 10.1. The standard InChI is InChI=1S/C15H16ClN3O/c1-10-6-4-5-7-13(10)19(3)15(20)11-8-14(17-2)18-9-12(11)16/h4-9H,1-3H3,(H,17,18). The molecular weight excluding hydrogens is 274 g/mol. The molecule has 0 saturated carbocycles. The average molecular weight is 290 g/mol. The molecular formula is C15H16ClN3O. The van der Waals surface area contributed by atoms with E-state index in [9.17, 15) is 4.79 Å². The molecule has 1 aromatic heterocycles. The number of carbonyl (C=O) groups is 1. The monoisotopic (exact) mass is 289 g/mol. The molecule has 0 aliphatic carbocycles. The highest BCUT2D eigenvalue weighted by molar-refractivity contribution is 6.34. The topological polar surface area (TPSA) is 45.2 Å². The van der Waals surface area contributed by atoms with Gasteiger partial charge < -0.3 is 10.2 Å². The van der Waals surface area contributed by atoms with E-state index in [1.165, 1.54) is 6.20 Å². The molecule has 104 valence electrons. The number of hydrogen-bond acceptors (Lipinski definition) is 3. The molecule has 0 fully saturated rings. The van der Waals surface area contributed by atoms with Crippen molar-refractivity contribution in [3.63, 3.8) is 0 Å². The van der Waals surface area contributed by atoms with Gasteiger partial charge in [-0.05, 0) is 24.6 Å². The Balaban J connectivity index is 2.39. The quantitative estimate of drug-likeness (QED) is 0.942. The lowest BCUT2D eigenvalue weighted by Crippen LogP contribution is -2.27. The Morgan fingerprint density at radius 1 is 1.35 bits per heavy atom. The molecule has 0 aliphatic rings. The number of para-hydroxylation sites is 1. The number of rotatable bonds is 3. The van der Waals surface area contributed by atoms with Crippen LogP contribution in [-0.4, -0.2) is 25.0 Å². The van der Waals surface area contributed by atoms with Gasteiger partial charge in [-0.25, -0.2) is 4.98 Å². The average Bonchev–Trinajstić information content (AvgIpc) is 2.47. The largest absolute Gasteiger partial charge is 0.373 e. The molecule has 0 saturated heterocycles. The normalized spacial score (nSPS) is 10.2. The minimum Gasteiger partial charge on any atom is -0.373 e. The number of aromatic nitrogens is 1. The third-order valence-electron chi connectivity index (χ3n) is 3.12. The van der Waals surface area contributed by atoms with E-state index in [2.05, 4.69) is 10.3 Å².